The molecule has 2 heterocycles. The molecule has 29 heavy (non-hydrogen) atoms. The normalized spacial score (nSPS) is 19.6. The molecular weight excluding hydrogens is 422 g/mol. The summed E-state index contributed by atoms with van der Waals surface area (Å²) in [6.07, 6.45) is -4.85. The molecule has 0 spiro atoms. The molecule has 0 aliphatic carbocycles. The highest BCUT2D eigenvalue weighted by molar-refractivity contribution is 6.32. The molecule has 1 unspecified atom stereocenters. The monoisotopic (exact) mass is 437 g/mol. The van der Waals surface area contributed by atoms with Crippen molar-refractivity contribution in [3.05, 3.63) is 75.5 Å². The summed E-state index contributed by atoms with van der Waals surface area (Å²) in [4.78, 5) is 8.10. The average molecular weight is 438 g/mol. The van der Waals surface area contributed by atoms with Gasteiger partial charge in [-0.1, -0.05) is 59.6 Å². The van der Waals surface area contributed by atoms with Gasteiger partial charge in [0.25, 0.3) is 0 Å². The summed E-state index contributed by atoms with van der Waals surface area (Å²) < 4.78 is 42.9. The fourth-order valence-corrected chi connectivity index (χ4v) is 4.35. The van der Waals surface area contributed by atoms with Gasteiger partial charge >= 0.3 is 6.18 Å². The van der Waals surface area contributed by atoms with Crippen molar-refractivity contribution in [1.29, 1.82) is 0 Å². The van der Waals surface area contributed by atoms with Crippen LogP contribution in [0.3, 0.4) is 0 Å². The van der Waals surface area contributed by atoms with Gasteiger partial charge in [-0.25, -0.2) is 4.98 Å². The van der Waals surface area contributed by atoms with Crippen molar-refractivity contribution in [3.8, 4) is 0 Å². The van der Waals surface area contributed by atoms with Gasteiger partial charge in [0.1, 0.15) is 15.7 Å². The molecule has 1 aliphatic rings. The first-order chi connectivity index (χ1) is 13.7. The highest BCUT2D eigenvalue weighted by Crippen LogP contribution is 2.49. The number of pyridine rings is 1. The SMILES string of the molecule is NCc1ccc(C2=NCC(c3cc(Cl)nc(Cl)c3)(C(F)(F)F)C2)c2ccccc12. The fraction of sp³-hybridized carbons (Fsp3) is 0.238. The number of halogens is 5. The van der Waals surface area contributed by atoms with Gasteiger partial charge in [0.05, 0.1) is 6.54 Å². The minimum absolute atomic E-state index is 0.0309. The summed E-state index contributed by atoms with van der Waals surface area (Å²) in [5.74, 6) is 0. The molecule has 150 valence electrons. The van der Waals surface area contributed by atoms with Crippen molar-refractivity contribution in [2.75, 3.05) is 6.54 Å². The predicted molar refractivity (Wildman–Crippen MR) is 110 cm³/mol. The third-order valence-electron chi connectivity index (χ3n) is 5.41. The van der Waals surface area contributed by atoms with Crippen LogP contribution in [0.2, 0.25) is 10.3 Å². The second-order valence-corrected chi connectivity index (χ2v) is 7.82. The van der Waals surface area contributed by atoms with Crippen LogP contribution in [0, 0.1) is 0 Å². The second-order valence-electron chi connectivity index (χ2n) is 7.04. The van der Waals surface area contributed by atoms with Crippen molar-refractivity contribution in [1.82, 2.24) is 4.98 Å². The van der Waals surface area contributed by atoms with Gasteiger partial charge in [0.2, 0.25) is 0 Å². The van der Waals surface area contributed by atoms with Crippen LogP contribution in [-0.2, 0) is 12.0 Å². The minimum atomic E-state index is -4.54. The van der Waals surface area contributed by atoms with E-state index in [9.17, 15) is 13.2 Å². The van der Waals surface area contributed by atoms with E-state index in [0.717, 1.165) is 16.3 Å². The quantitative estimate of drug-likeness (QED) is 0.534. The number of hydrogen-bond donors (Lipinski definition) is 1. The number of nitrogens with zero attached hydrogens (tertiary/aromatic N) is 2. The Morgan fingerprint density at radius 1 is 1.00 bits per heavy atom. The van der Waals surface area contributed by atoms with Gasteiger partial charge in [-0.15, -0.1) is 0 Å². The van der Waals surface area contributed by atoms with Gasteiger partial charge in [0.15, 0.2) is 0 Å². The third-order valence-corrected chi connectivity index (χ3v) is 5.80. The van der Waals surface area contributed by atoms with E-state index in [-0.39, 0.29) is 22.3 Å². The Labute approximate surface area is 175 Å². The summed E-state index contributed by atoms with van der Waals surface area (Å²) in [7, 11) is 0. The van der Waals surface area contributed by atoms with E-state index in [0.29, 0.717) is 17.8 Å². The Hall–Kier alpha value is -2.15. The van der Waals surface area contributed by atoms with E-state index in [1.807, 2.05) is 30.3 Å². The number of aliphatic imine (C=N–C) groups is 1. The third kappa shape index (κ3) is 3.39. The average Bonchev–Trinajstić information content (AvgIpc) is 3.13. The van der Waals surface area contributed by atoms with E-state index < -0.39 is 18.1 Å². The maximum atomic E-state index is 14.3. The maximum Gasteiger partial charge on any atom is 0.400 e. The Balaban J connectivity index is 1.83. The zero-order valence-corrected chi connectivity index (χ0v) is 16.6. The molecule has 1 aliphatic heterocycles. The Bertz CT molecular complexity index is 1110. The molecular formula is C21H16Cl2F3N3. The summed E-state index contributed by atoms with van der Waals surface area (Å²) in [6.45, 7) is -0.0940. The van der Waals surface area contributed by atoms with E-state index in [1.165, 1.54) is 12.1 Å². The molecule has 2 aromatic carbocycles. The molecule has 8 heteroatoms. The van der Waals surface area contributed by atoms with E-state index in [2.05, 4.69) is 9.98 Å². The highest BCUT2D eigenvalue weighted by atomic mass is 35.5. The van der Waals surface area contributed by atoms with Gasteiger partial charge in [-0.05, 0) is 34.0 Å². The first kappa shape index (κ1) is 20.1. The lowest BCUT2D eigenvalue weighted by Crippen LogP contribution is -2.43. The van der Waals surface area contributed by atoms with Gasteiger partial charge in [0, 0.05) is 24.2 Å². The van der Waals surface area contributed by atoms with Crippen LogP contribution in [-0.4, -0.2) is 23.4 Å². The highest BCUT2D eigenvalue weighted by Gasteiger charge is 2.58. The van der Waals surface area contributed by atoms with Gasteiger partial charge in [-0.2, -0.15) is 13.2 Å². The van der Waals surface area contributed by atoms with Crippen LogP contribution < -0.4 is 5.73 Å². The molecule has 0 saturated carbocycles. The first-order valence-corrected chi connectivity index (χ1v) is 9.65. The standard InChI is InChI=1S/C21H16Cl2F3N3/c22-18-7-13(8-19(23)29-18)20(21(24,25)26)9-17(28-11-20)16-6-5-12(10-27)14-3-1-2-4-15(14)16/h1-8H,9-11,27H2. The molecule has 0 radical (unpaired) electrons. The molecule has 1 atom stereocenters. The molecule has 0 fully saturated rings. The molecule has 0 bridgehead atoms. The lowest BCUT2D eigenvalue weighted by Gasteiger charge is -2.31. The number of rotatable bonds is 3. The lowest BCUT2D eigenvalue weighted by atomic mass is 9.76. The number of benzene rings is 2. The van der Waals surface area contributed by atoms with E-state index in [1.54, 1.807) is 6.07 Å². The van der Waals surface area contributed by atoms with Crippen LogP contribution in [0.5, 0.6) is 0 Å². The molecule has 4 rings (SSSR count). The number of fused-ring (bicyclic) bond motifs is 1. The number of nitrogens with two attached hydrogens (primary N) is 1. The Morgan fingerprint density at radius 2 is 1.66 bits per heavy atom. The first-order valence-electron chi connectivity index (χ1n) is 8.90. The smallest absolute Gasteiger partial charge is 0.326 e. The second kappa shape index (κ2) is 7.27. The Kier molecular flexibility index (Phi) is 5.05. The zero-order valence-electron chi connectivity index (χ0n) is 15.1. The lowest BCUT2D eigenvalue weighted by molar-refractivity contribution is -0.183. The Morgan fingerprint density at radius 3 is 2.28 bits per heavy atom. The van der Waals surface area contributed by atoms with Crippen molar-refractivity contribution in [3.63, 3.8) is 0 Å². The van der Waals surface area contributed by atoms with Crippen LogP contribution >= 0.6 is 23.2 Å². The van der Waals surface area contributed by atoms with Gasteiger partial charge in [-0.3, -0.25) is 4.99 Å². The molecule has 3 nitrogen and oxygen atoms in total. The molecule has 3 aromatic rings. The van der Waals surface area contributed by atoms with Crippen LogP contribution in [0.1, 0.15) is 23.1 Å². The summed E-state index contributed by atoms with van der Waals surface area (Å²) in [5, 5.41) is 1.58. The predicted octanol–water partition coefficient (Wildman–Crippen LogP) is 5.69. The maximum absolute atomic E-state index is 14.3. The molecule has 0 amide bonds. The number of hydrogen-bond acceptors (Lipinski definition) is 3. The topological polar surface area (TPSA) is 51.3 Å². The van der Waals surface area contributed by atoms with Crippen LogP contribution in [0.25, 0.3) is 10.8 Å². The van der Waals surface area contributed by atoms with Crippen molar-refractivity contribution in [2.24, 2.45) is 10.7 Å². The molecule has 2 N–H and O–H groups in total. The summed E-state index contributed by atoms with van der Waals surface area (Å²) >= 11 is 11.8. The van der Waals surface area contributed by atoms with E-state index >= 15 is 0 Å². The minimum Gasteiger partial charge on any atom is -0.326 e. The number of alkyl halides is 3. The summed E-state index contributed by atoms with van der Waals surface area (Å²) in [6, 6.07) is 13.6. The molecule has 1 aromatic heterocycles. The largest absolute Gasteiger partial charge is 0.400 e. The van der Waals surface area contributed by atoms with Crippen molar-refractivity contribution in [2.45, 2.75) is 24.6 Å². The van der Waals surface area contributed by atoms with Crippen molar-refractivity contribution >= 4 is 39.7 Å². The molecule has 0 saturated heterocycles. The fourth-order valence-electron chi connectivity index (χ4n) is 3.89. The van der Waals surface area contributed by atoms with E-state index in [4.69, 9.17) is 28.9 Å². The number of aromatic nitrogens is 1. The zero-order chi connectivity index (χ0) is 20.8. The van der Waals surface area contributed by atoms with Crippen LogP contribution in [0.15, 0.2) is 53.5 Å². The van der Waals surface area contributed by atoms with Crippen LogP contribution in [0.4, 0.5) is 13.2 Å². The van der Waals surface area contributed by atoms with Crippen molar-refractivity contribution < 1.29 is 13.2 Å². The van der Waals surface area contributed by atoms with Gasteiger partial charge < -0.3 is 5.73 Å². The summed E-state index contributed by atoms with van der Waals surface area (Å²) in [5.41, 5.74) is 5.58.